The zero-order valence-corrected chi connectivity index (χ0v) is 12.3. The SMILES string of the molecule is COCC(C)NC(=O)CS(=O)c1ccc(N)c(C)c1. The molecular weight excluding hydrogens is 264 g/mol. The van der Waals surface area contributed by atoms with Gasteiger partial charge in [0, 0.05) is 23.7 Å². The van der Waals surface area contributed by atoms with Crippen LogP contribution in [0.2, 0.25) is 0 Å². The third kappa shape index (κ3) is 5.00. The molecule has 1 amide bonds. The predicted molar refractivity (Wildman–Crippen MR) is 76.3 cm³/mol. The number of methoxy groups -OCH3 is 1. The molecule has 0 aliphatic carbocycles. The highest BCUT2D eigenvalue weighted by atomic mass is 32.2. The molecule has 0 aromatic heterocycles. The summed E-state index contributed by atoms with van der Waals surface area (Å²) in [5.74, 6) is -0.311. The Morgan fingerprint density at radius 2 is 2.21 bits per heavy atom. The summed E-state index contributed by atoms with van der Waals surface area (Å²) in [5.41, 5.74) is 7.21. The molecule has 0 saturated carbocycles. The molecule has 2 atom stereocenters. The van der Waals surface area contributed by atoms with Gasteiger partial charge in [-0.3, -0.25) is 9.00 Å². The van der Waals surface area contributed by atoms with Crippen molar-refractivity contribution in [3.05, 3.63) is 23.8 Å². The molecular formula is C13H20N2O3S. The van der Waals surface area contributed by atoms with Crippen LogP contribution in [0.1, 0.15) is 12.5 Å². The van der Waals surface area contributed by atoms with Crippen molar-refractivity contribution >= 4 is 22.4 Å². The van der Waals surface area contributed by atoms with Crippen molar-refractivity contribution in [1.29, 1.82) is 0 Å². The van der Waals surface area contributed by atoms with E-state index in [0.29, 0.717) is 17.2 Å². The van der Waals surface area contributed by atoms with Crippen LogP contribution in [0, 0.1) is 6.92 Å². The van der Waals surface area contributed by atoms with Crippen LogP contribution < -0.4 is 11.1 Å². The number of rotatable bonds is 6. The van der Waals surface area contributed by atoms with Crippen molar-refractivity contribution in [3.63, 3.8) is 0 Å². The first kappa shape index (κ1) is 15.7. The number of aryl methyl sites for hydroxylation is 1. The normalized spacial score (nSPS) is 13.8. The summed E-state index contributed by atoms with van der Waals surface area (Å²) in [5, 5.41) is 2.73. The van der Waals surface area contributed by atoms with Crippen molar-refractivity contribution in [2.24, 2.45) is 0 Å². The van der Waals surface area contributed by atoms with Gasteiger partial charge in [-0.05, 0) is 37.6 Å². The molecule has 0 radical (unpaired) electrons. The molecule has 0 spiro atoms. The van der Waals surface area contributed by atoms with Gasteiger partial charge in [-0.25, -0.2) is 0 Å². The maximum Gasteiger partial charge on any atom is 0.233 e. The van der Waals surface area contributed by atoms with Crippen LogP contribution in [0.4, 0.5) is 5.69 Å². The number of carbonyl (C=O) groups excluding carboxylic acids is 1. The molecule has 1 aromatic carbocycles. The van der Waals surface area contributed by atoms with Crippen LogP contribution in [0.15, 0.2) is 23.1 Å². The molecule has 0 bridgehead atoms. The molecule has 106 valence electrons. The maximum atomic E-state index is 12.0. The molecule has 0 fully saturated rings. The second-order valence-corrected chi connectivity index (χ2v) is 5.88. The van der Waals surface area contributed by atoms with Crippen LogP contribution in [-0.2, 0) is 20.3 Å². The van der Waals surface area contributed by atoms with Gasteiger partial charge >= 0.3 is 0 Å². The van der Waals surface area contributed by atoms with E-state index in [4.69, 9.17) is 10.5 Å². The molecule has 19 heavy (non-hydrogen) atoms. The van der Waals surface area contributed by atoms with E-state index in [0.717, 1.165) is 5.56 Å². The first-order valence-corrected chi connectivity index (χ1v) is 7.28. The van der Waals surface area contributed by atoms with E-state index >= 15 is 0 Å². The first-order valence-electron chi connectivity index (χ1n) is 5.97. The summed E-state index contributed by atoms with van der Waals surface area (Å²) in [6.07, 6.45) is 0. The minimum absolute atomic E-state index is 0.0581. The highest BCUT2D eigenvalue weighted by Gasteiger charge is 2.13. The lowest BCUT2D eigenvalue weighted by atomic mass is 10.2. The van der Waals surface area contributed by atoms with Crippen molar-refractivity contribution in [2.45, 2.75) is 24.8 Å². The van der Waals surface area contributed by atoms with Crippen LogP contribution in [0.25, 0.3) is 0 Å². The van der Waals surface area contributed by atoms with Gasteiger partial charge in [0.1, 0.15) is 5.75 Å². The first-order chi connectivity index (χ1) is 8.93. The molecule has 6 heteroatoms. The summed E-state index contributed by atoms with van der Waals surface area (Å²) < 4.78 is 17.0. The third-order valence-corrected chi connectivity index (χ3v) is 3.89. The second kappa shape index (κ2) is 7.25. The Kier molecular flexibility index (Phi) is 5.98. The summed E-state index contributed by atoms with van der Waals surface area (Å²) in [6.45, 7) is 4.10. The molecule has 0 aliphatic rings. The number of amides is 1. The van der Waals surface area contributed by atoms with Crippen LogP contribution in [0.5, 0.6) is 0 Å². The minimum Gasteiger partial charge on any atom is -0.399 e. The Bertz CT molecular complexity index is 477. The number of carbonyl (C=O) groups is 1. The highest BCUT2D eigenvalue weighted by molar-refractivity contribution is 7.85. The van der Waals surface area contributed by atoms with Gasteiger partial charge in [-0.1, -0.05) is 0 Å². The lowest BCUT2D eigenvalue weighted by Crippen LogP contribution is -2.38. The van der Waals surface area contributed by atoms with Crippen LogP contribution >= 0.6 is 0 Å². The Labute approximate surface area is 116 Å². The third-order valence-electron chi connectivity index (χ3n) is 2.59. The topological polar surface area (TPSA) is 81.4 Å². The summed E-state index contributed by atoms with van der Waals surface area (Å²) >= 11 is 0. The van der Waals surface area contributed by atoms with Crippen LogP contribution in [-0.4, -0.2) is 35.6 Å². The Morgan fingerprint density at radius 1 is 1.53 bits per heavy atom. The number of nitrogens with two attached hydrogens (primary N) is 1. The van der Waals surface area contributed by atoms with E-state index < -0.39 is 10.8 Å². The van der Waals surface area contributed by atoms with E-state index in [1.165, 1.54) is 0 Å². The molecule has 0 aliphatic heterocycles. The van der Waals surface area contributed by atoms with Crippen molar-refractivity contribution in [2.75, 3.05) is 25.2 Å². The number of ether oxygens (including phenoxy) is 1. The van der Waals surface area contributed by atoms with Gasteiger partial charge in [0.05, 0.1) is 17.4 Å². The largest absolute Gasteiger partial charge is 0.399 e. The highest BCUT2D eigenvalue weighted by Crippen LogP contribution is 2.15. The van der Waals surface area contributed by atoms with E-state index in [2.05, 4.69) is 5.32 Å². The van der Waals surface area contributed by atoms with Gasteiger partial charge in [-0.2, -0.15) is 0 Å². The predicted octanol–water partition coefficient (Wildman–Crippen LogP) is 0.836. The molecule has 2 unspecified atom stereocenters. The van der Waals surface area contributed by atoms with Crippen molar-refractivity contribution in [1.82, 2.24) is 5.32 Å². The maximum absolute atomic E-state index is 12.0. The Morgan fingerprint density at radius 3 is 2.79 bits per heavy atom. The number of nitrogens with one attached hydrogen (secondary N) is 1. The lowest BCUT2D eigenvalue weighted by molar-refractivity contribution is -0.119. The lowest BCUT2D eigenvalue weighted by Gasteiger charge is -2.12. The molecule has 5 nitrogen and oxygen atoms in total. The monoisotopic (exact) mass is 284 g/mol. The number of benzene rings is 1. The van der Waals surface area contributed by atoms with Gasteiger partial charge in [0.15, 0.2) is 0 Å². The van der Waals surface area contributed by atoms with Gasteiger partial charge in [0.25, 0.3) is 0 Å². The number of nitrogen functional groups attached to an aromatic ring is 1. The van der Waals surface area contributed by atoms with Gasteiger partial charge < -0.3 is 15.8 Å². The van der Waals surface area contributed by atoms with Crippen LogP contribution in [0.3, 0.4) is 0 Å². The molecule has 0 heterocycles. The zero-order chi connectivity index (χ0) is 14.4. The summed E-state index contributed by atoms with van der Waals surface area (Å²) in [6, 6.07) is 5.04. The number of hydrogen-bond donors (Lipinski definition) is 2. The smallest absolute Gasteiger partial charge is 0.233 e. The summed E-state index contributed by atoms with van der Waals surface area (Å²) in [4.78, 5) is 12.3. The van der Waals surface area contributed by atoms with Gasteiger partial charge in [-0.15, -0.1) is 0 Å². The van der Waals surface area contributed by atoms with E-state index in [1.807, 2.05) is 13.8 Å². The standard InChI is InChI=1S/C13H20N2O3S/c1-9-6-11(4-5-12(9)14)19(17)8-13(16)15-10(2)7-18-3/h4-6,10H,7-8,14H2,1-3H3,(H,15,16). The molecule has 1 rings (SSSR count). The molecule has 3 N–H and O–H groups in total. The molecule has 1 aromatic rings. The van der Waals surface area contributed by atoms with E-state index in [9.17, 15) is 9.00 Å². The zero-order valence-electron chi connectivity index (χ0n) is 11.4. The fraction of sp³-hybridized carbons (Fsp3) is 0.462. The van der Waals surface area contributed by atoms with Crippen molar-refractivity contribution in [3.8, 4) is 0 Å². The summed E-state index contributed by atoms with van der Waals surface area (Å²) in [7, 11) is 0.207. The minimum atomic E-state index is -1.36. The fourth-order valence-corrected chi connectivity index (χ4v) is 2.62. The van der Waals surface area contributed by atoms with E-state index in [1.54, 1.807) is 25.3 Å². The van der Waals surface area contributed by atoms with Crippen molar-refractivity contribution < 1.29 is 13.7 Å². The average Bonchev–Trinajstić information content (AvgIpc) is 2.32. The quantitative estimate of drug-likeness (QED) is 0.758. The fourth-order valence-electron chi connectivity index (χ4n) is 1.60. The molecule has 0 saturated heterocycles. The number of hydrogen-bond acceptors (Lipinski definition) is 4. The van der Waals surface area contributed by atoms with E-state index in [-0.39, 0.29) is 17.7 Å². The average molecular weight is 284 g/mol. The van der Waals surface area contributed by atoms with Gasteiger partial charge in [0.2, 0.25) is 5.91 Å². The second-order valence-electron chi connectivity index (χ2n) is 4.43. The Balaban J connectivity index is 2.59. The number of anilines is 1. The Hall–Kier alpha value is -1.40.